The van der Waals surface area contributed by atoms with Crippen molar-refractivity contribution in [1.82, 2.24) is 15.1 Å². The van der Waals surface area contributed by atoms with E-state index in [-0.39, 0.29) is 11.9 Å². The van der Waals surface area contributed by atoms with Crippen LogP contribution in [0.4, 0.5) is 0 Å². The summed E-state index contributed by atoms with van der Waals surface area (Å²) in [6.07, 6.45) is 4.75. The SMILES string of the molecule is CC(Cn1cccn1)NC(=O)CCCOc1ccccc1Br. The van der Waals surface area contributed by atoms with E-state index >= 15 is 0 Å². The Morgan fingerprint density at radius 1 is 1.41 bits per heavy atom. The predicted molar refractivity (Wildman–Crippen MR) is 88.7 cm³/mol. The smallest absolute Gasteiger partial charge is 0.220 e. The summed E-state index contributed by atoms with van der Waals surface area (Å²) >= 11 is 3.43. The van der Waals surface area contributed by atoms with Gasteiger partial charge in [-0.3, -0.25) is 9.48 Å². The number of nitrogens with one attached hydrogen (secondary N) is 1. The first-order chi connectivity index (χ1) is 10.6. The molecule has 1 N–H and O–H groups in total. The van der Waals surface area contributed by atoms with Gasteiger partial charge in [0, 0.05) is 24.9 Å². The van der Waals surface area contributed by atoms with Crippen LogP contribution in [0.2, 0.25) is 0 Å². The van der Waals surface area contributed by atoms with Gasteiger partial charge >= 0.3 is 0 Å². The van der Waals surface area contributed by atoms with Crippen LogP contribution in [0.3, 0.4) is 0 Å². The first kappa shape index (κ1) is 16.5. The molecule has 1 heterocycles. The van der Waals surface area contributed by atoms with Crippen molar-refractivity contribution in [1.29, 1.82) is 0 Å². The lowest BCUT2D eigenvalue weighted by Gasteiger charge is -2.14. The number of benzene rings is 1. The summed E-state index contributed by atoms with van der Waals surface area (Å²) < 4.78 is 8.37. The van der Waals surface area contributed by atoms with Crippen LogP contribution in [0.1, 0.15) is 19.8 Å². The summed E-state index contributed by atoms with van der Waals surface area (Å²) in [7, 11) is 0. The molecule has 5 nitrogen and oxygen atoms in total. The zero-order chi connectivity index (χ0) is 15.8. The molecule has 0 aliphatic heterocycles. The number of nitrogens with zero attached hydrogens (tertiary/aromatic N) is 2. The van der Waals surface area contributed by atoms with E-state index in [9.17, 15) is 4.79 Å². The van der Waals surface area contributed by atoms with Gasteiger partial charge < -0.3 is 10.1 Å². The summed E-state index contributed by atoms with van der Waals surface area (Å²) in [6.45, 7) is 3.16. The maximum atomic E-state index is 11.9. The minimum absolute atomic E-state index is 0.0374. The zero-order valence-electron chi connectivity index (χ0n) is 12.5. The van der Waals surface area contributed by atoms with Crippen LogP contribution in [0.25, 0.3) is 0 Å². The van der Waals surface area contributed by atoms with Crippen LogP contribution < -0.4 is 10.1 Å². The van der Waals surface area contributed by atoms with Gasteiger partial charge in [0.25, 0.3) is 0 Å². The molecule has 0 radical (unpaired) electrons. The van der Waals surface area contributed by atoms with E-state index in [2.05, 4.69) is 26.3 Å². The van der Waals surface area contributed by atoms with Crippen molar-refractivity contribution >= 4 is 21.8 Å². The number of hydrogen-bond donors (Lipinski definition) is 1. The second-order valence-electron chi connectivity index (χ2n) is 5.08. The summed E-state index contributed by atoms with van der Waals surface area (Å²) in [5.41, 5.74) is 0. The first-order valence-electron chi connectivity index (χ1n) is 7.29. The van der Waals surface area contributed by atoms with Gasteiger partial charge in [0.1, 0.15) is 5.75 Å². The predicted octanol–water partition coefficient (Wildman–Crippen LogP) is 3.01. The lowest BCUT2D eigenvalue weighted by atomic mass is 10.2. The van der Waals surface area contributed by atoms with Crippen LogP contribution in [-0.2, 0) is 11.3 Å². The maximum absolute atomic E-state index is 11.9. The Kier molecular flexibility index (Phi) is 6.45. The van der Waals surface area contributed by atoms with Crippen LogP contribution in [0.15, 0.2) is 47.2 Å². The molecule has 1 aromatic carbocycles. The first-order valence-corrected chi connectivity index (χ1v) is 8.08. The molecule has 1 aromatic heterocycles. The number of carbonyl (C=O) groups excluding carboxylic acids is 1. The minimum atomic E-state index is 0.0374. The van der Waals surface area contributed by atoms with E-state index in [1.165, 1.54) is 0 Å². The quantitative estimate of drug-likeness (QED) is 0.731. The van der Waals surface area contributed by atoms with Crippen molar-refractivity contribution in [3.63, 3.8) is 0 Å². The molecular weight excluding hydrogens is 346 g/mol. The van der Waals surface area contributed by atoms with Crippen molar-refractivity contribution in [3.8, 4) is 5.75 Å². The van der Waals surface area contributed by atoms with Crippen LogP contribution >= 0.6 is 15.9 Å². The number of carbonyl (C=O) groups is 1. The fourth-order valence-electron chi connectivity index (χ4n) is 2.06. The zero-order valence-corrected chi connectivity index (χ0v) is 14.1. The van der Waals surface area contributed by atoms with Crippen molar-refractivity contribution in [2.24, 2.45) is 0 Å². The van der Waals surface area contributed by atoms with Crippen molar-refractivity contribution in [2.75, 3.05) is 6.61 Å². The number of ether oxygens (including phenoxy) is 1. The lowest BCUT2D eigenvalue weighted by molar-refractivity contribution is -0.122. The van der Waals surface area contributed by atoms with Crippen LogP contribution in [-0.4, -0.2) is 28.3 Å². The van der Waals surface area contributed by atoms with Gasteiger partial charge in [-0.1, -0.05) is 12.1 Å². The second kappa shape index (κ2) is 8.58. The highest BCUT2D eigenvalue weighted by atomic mass is 79.9. The van der Waals surface area contributed by atoms with E-state index in [0.717, 1.165) is 10.2 Å². The summed E-state index contributed by atoms with van der Waals surface area (Å²) in [4.78, 5) is 11.9. The van der Waals surface area contributed by atoms with Gasteiger partial charge in [0.05, 0.1) is 17.6 Å². The van der Waals surface area contributed by atoms with Gasteiger partial charge in [0.15, 0.2) is 0 Å². The number of hydrogen-bond acceptors (Lipinski definition) is 3. The number of para-hydroxylation sites is 1. The summed E-state index contributed by atoms with van der Waals surface area (Å²) in [5, 5.41) is 7.09. The number of halogens is 1. The Hall–Kier alpha value is -1.82. The highest BCUT2D eigenvalue weighted by Crippen LogP contribution is 2.23. The third-order valence-electron chi connectivity index (χ3n) is 3.07. The van der Waals surface area contributed by atoms with E-state index in [1.807, 2.05) is 43.5 Å². The number of aromatic nitrogens is 2. The van der Waals surface area contributed by atoms with Gasteiger partial charge in [-0.05, 0) is 47.5 Å². The molecule has 118 valence electrons. The van der Waals surface area contributed by atoms with Crippen molar-refractivity contribution < 1.29 is 9.53 Å². The Morgan fingerprint density at radius 2 is 2.23 bits per heavy atom. The molecule has 0 saturated heterocycles. The summed E-state index contributed by atoms with van der Waals surface area (Å²) in [6, 6.07) is 9.61. The molecule has 1 unspecified atom stereocenters. The average Bonchev–Trinajstić information content (AvgIpc) is 2.98. The third-order valence-corrected chi connectivity index (χ3v) is 3.73. The molecular formula is C16H20BrN3O2. The Bertz CT molecular complexity index is 587. The highest BCUT2D eigenvalue weighted by molar-refractivity contribution is 9.10. The van der Waals surface area contributed by atoms with E-state index in [4.69, 9.17) is 4.74 Å². The second-order valence-corrected chi connectivity index (χ2v) is 5.93. The van der Waals surface area contributed by atoms with Crippen molar-refractivity contribution in [3.05, 3.63) is 47.2 Å². The molecule has 0 bridgehead atoms. The maximum Gasteiger partial charge on any atom is 0.220 e. The van der Waals surface area contributed by atoms with Gasteiger partial charge in [-0.15, -0.1) is 0 Å². The van der Waals surface area contributed by atoms with Gasteiger partial charge in [0.2, 0.25) is 5.91 Å². The molecule has 2 aromatic rings. The largest absolute Gasteiger partial charge is 0.492 e. The molecule has 1 amide bonds. The van der Waals surface area contributed by atoms with E-state index < -0.39 is 0 Å². The molecule has 0 saturated carbocycles. The highest BCUT2D eigenvalue weighted by Gasteiger charge is 2.08. The van der Waals surface area contributed by atoms with Crippen LogP contribution in [0, 0.1) is 0 Å². The van der Waals surface area contributed by atoms with Gasteiger partial charge in [-0.2, -0.15) is 5.10 Å². The Morgan fingerprint density at radius 3 is 2.95 bits per heavy atom. The Balaban J connectivity index is 1.62. The monoisotopic (exact) mass is 365 g/mol. The molecule has 0 fully saturated rings. The van der Waals surface area contributed by atoms with E-state index in [1.54, 1.807) is 10.9 Å². The Labute approximate surface area is 138 Å². The third kappa shape index (κ3) is 5.52. The standard InChI is InChI=1S/C16H20BrN3O2/c1-13(12-20-10-5-9-18-20)19-16(21)8-4-11-22-15-7-3-2-6-14(15)17/h2-3,5-7,9-10,13H,4,8,11-12H2,1H3,(H,19,21). The lowest BCUT2D eigenvalue weighted by Crippen LogP contribution is -2.35. The van der Waals surface area contributed by atoms with Gasteiger partial charge in [-0.25, -0.2) is 0 Å². The molecule has 22 heavy (non-hydrogen) atoms. The molecule has 0 aliphatic carbocycles. The fourth-order valence-corrected chi connectivity index (χ4v) is 2.46. The number of rotatable bonds is 8. The minimum Gasteiger partial charge on any atom is -0.492 e. The molecule has 0 aliphatic rings. The molecule has 6 heteroatoms. The van der Waals surface area contributed by atoms with Crippen molar-refractivity contribution in [2.45, 2.75) is 32.4 Å². The molecule has 2 rings (SSSR count). The van der Waals surface area contributed by atoms with Crippen LogP contribution in [0.5, 0.6) is 5.75 Å². The summed E-state index contributed by atoms with van der Waals surface area (Å²) in [5.74, 6) is 0.838. The normalized spacial score (nSPS) is 11.9. The topological polar surface area (TPSA) is 56.2 Å². The fraction of sp³-hybridized carbons (Fsp3) is 0.375. The van der Waals surface area contributed by atoms with E-state index in [0.29, 0.717) is 26.0 Å². The average molecular weight is 366 g/mol. The number of amides is 1. The molecule has 1 atom stereocenters. The molecule has 0 spiro atoms.